The van der Waals surface area contributed by atoms with Crippen LogP contribution < -0.4 is 14.5 Å². The molecule has 1 aliphatic rings. The van der Waals surface area contributed by atoms with Crippen molar-refractivity contribution < 1.29 is 14.2 Å². The number of rotatable bonds is 4. The number of methoxy groups -OCH3 is 2. The SMILES string of the molecule is COc1cc2nc(CCl)n(N3CCOCC3)c2cc1OC. The summed E-state index contributed by atoms with van der Waals surface area (Å²) in [6, 6.07) is 3.81. The number of hydrogen-bond donors (Lipinski definition) is 0. The molecule has 1 fully saturated rings. The van der Waals surface area contributed by atoms with Crippen LogP contribution in [0, 0.1) is 0 Å². The Morgan fingerprint density at radius 2 is 1.86 bits per heavy atom. The third-order valence-corrected chi connectivity index (χ3v) is 3.83. The maximum Gasteiger partial charge on any atom is 0.163 e. The Hall–Kier alpha value is -1.66. The molecule has 0 atom stereocenters. The van der Waals surface area contributed by atoms with Gasteiger partial charge in [0.25, 0.3) is 0 Å². The zero-order chi connectivity index (χ0) is 14.8. The summed E-state index contributed by atoms with van der Waals surface area (Å²) in [5.74, 6) is 2.50. The molecule has 1 aliphatic heterocycles. The Labute approximate surface area is 128 Å². The van der Waals surface area contributed by atoms with Crippen LogP contribution in [-0.4, -0.2) is 50.2 Å². The average molecular weight is 312 g/mol. The third-order valence-electron chi connectivity index (χ3n) is 3.59. The van der Waals surface area contributed by atoms with Crippen LogP contribution in [0.1, 0.15) is 5.82 Å². The van der Waals surface area contributed by atoms with Gasteiger partial charge in [-0.2, -0.15) is 0 Å². The molecule has 0 N–H and O–H groups in total. The van der Waals surface area contributed by atoms with Gasteiger partial charge in [-0.15, -0.1) is 11.6 Å². The highest BCUT2D eigenvalue weighted by molar-refractivity contribution is 6.16. The van der Waals surface area contributed by atoms with Gasteiger partial charge in [0, 0.05) is 12.1 Å². The Balaban J connectivity index is 2.16. The fraction of sp³-hybridized carbons (Fsp3) is 0.500. The van der Waals surface area contributed by atoms with Gasteiger partial charge in [-0.25, -0.2) is 9.66 Å². The monoisotopic (exact) mass is 311 g/mol. The fourth-order valence-corrected chi connectivity index (χ4v) is 2.77. The molecule has 114 valence electrons. The fourth-order valence-electron chi connectivity index (χ4n) is 2.60. The smallest absolute Gasteiger partial charge is 0.163 e. The van der Waals surface area contributed by atoms with Crippen molar-refractivity contribution >= 4 is 22.6 Å². The van der Waals surface area contributed by atoms with Crippen molar-refractivity contribution in [2.75, 3.05) is 45.5 Å². The molecule has 0 aliphatic carbocycles. The summed E-state index contributed by atoms with van der Waals surface area (Å²) in [6.07, 6.45) is 0. The molecule has 2 aromatic rings. The number of fused-ring (bicyclic) bond motifs is 1. The number of alkyl halides is 1. The number of imidazole rings is 1. The van der Waals surface area contributed by atoms with Gasteiger partial charge < -0.3 is 19.2 Å². The number of ether oxygens (including phenoxy) is 3. The molecule has 1 aromatic carbocycles. The van der Waals surface area contributed by atoms with E-state index in [1.807, 2.05) is 12.1 Å². The molecule has 3 rings (SSSR count). The molecular weight excluding hydrogens is 294 g/mol. The van der Waals surface area contributed by atoms with Crippen LogP contribution in [0.4, 0.5) is 0 Å². The maximum absolute atomic E-state index is 6.07. The zero-order valence-electron chi connectivity index (χ0n) is 12.1. The van der Waals surface area contributed by atoms with Crippen LogP contribution in [0.2, 0.25) is 0 Å². The Bertz CT molecular complexity index is 638. The molecule has 0 unspecified atom stereocenters. The minimum absolute atomic E-state index is 0.344. The number of halogens is 1. The largest absolute Gasteiger partial charge is 0.493 e. The van der Waals surface area contributed by atoms with E-state index in [0.717, 1.165) is 29.9 Å². The predicted octanol–water partition coefficient (Wildman–Crippen LogP) is 1.76. The second-order valence-electron chi connectivity index (χ2n) is 4.74. The van der Waals surface area contributed by atoms with Gasteiger partial charge in [0.1, 0.15) is 5.82 Å². The molecule has 0 radical (unpaired) electrons. The van der Waals surface area contributed by atoms with Crippen molar-refractivity contribution in [3.8, 4) is 11.5 Å². The van der Waals surface area contributed by atoms with E-state index in [4.69, 9.17) is 25.8 Å². The van der Waals surface area contributed by atoms with Crippen molar-refractivity contribution in [2.24, 2.45) is 0 Å². The number of hydrogen-bond acceptors (Lipinski definition) is 5. The zero-order valence-corrected chi connectivity index (χ0v) is 12.9. The molecule has 0 amide bonds. The van der Waals surface area contributed by atoms with Crippen LogP contribution >= 0.6 is 11.6 Å². The lowest BCUT2D eigenvalue weighted by atomic mass is 10.2. The average Bonchev–Trinajstić information content (AvgIpc) is 2.91. The lowest BCUT2D eigenvalue weighted by molar-refractivity contribution is 0.111. The molecule has 1 saturated heterocycles. The second kappa shape index (κ2) is 5.99. The topological polar surface area (TPSA) is 48.8 Å². The molecule has 6 nitrogen and oxygen atoms in total. The van der Waals surface area contributed by atoms with Crippen LogP contribution in [0.25, 0.3) is 11.0 Å². The first-order chi connectivity index (χ1) is 10.3. The van der Waals surface area contributed by atoms with Crippen molar-refractivity contribution in [3.05, 3.63) is 18.0 Å². The quantitative estimate of drug-likeness (QED) is 0.805. The number of morpholine rings is 1. The van der Waals surface area contributed by atoms with E-state index in [0.29, 0.717) is 30.6 Å². The van der Waals surface area contributed by atoms with Crippen LogP contribution in [0.3, 0.4) is 0 Å². The summed E-state index contributed by atoms with van der Waals surface area (Å²) < 4.78 is 18.2. The highest BCUT2D eigenvalue weighted by atomic mass is 35.5. The van der Waals surface area contributed by atoms with E-state index < -0.39 is 0 Å². The summed E-state index contributed by atoms with van der Waals surface area (Å²) in [5, 5.41) is 2.20. The molecule has 1 aromatic heterocycles. The van der Waals surface area contributed by atoms with Crippen molar-refractivity contribution in [1.82, 2.24) is 9.66 Å². The number of benzene rings is 1. The highest BCUT2D eigenvalue weighted by Crippen LogP contribution is 2.32. The lowest BCUT2D eigenvalue weighted by Gasteiger charge is -2.31. The Morgan fingerprint density at radius 1 is 1.19 bits per heavy atom. The maximum atomic E-state index is 6.07. The Morgan fingerprint density at radius 3 is 2.48 bits per heavy atom. The van der Waals surface area contributed by atoms with Crippen LogP contribution in [0.15, 0.2) is 12.1 Å². The van der Waals surface area contributed by atoms with Crippen LogP contribution in [-0.2, 0) is 10.6 Å². The molecule has 0 saturated carbocycles. The standard InChI is InChI=1S/C14H18ClN3O3/c1-19-12-7-10-11(8-13(12)20-2)18(14(9-15)16-10)17-3-5-21-6-4-17/h7-8H,3-6,9H2,1-2H3. The van der Waals surface area contributed by atoms with Crippen molar-refractivity contribution in [3.63, 3.8) is 0 Å². The number of aromatic nitrogens is 2. The van der Waals surface area contributed by atoms with Gasteiger partial charge in [0.05, 0.1) is 57.4 Å². The van der Waals surface area contributed by atoms with Crippen LogP contribution in [0.5, 0.6) is 11.5 Å². The van der Waals surface area contributed by atoms with Gasteiger partial charge in [0.15, 0.2) is 11.5 Å². The molecule has 2 heterocycles. The summed E-state index contributed by atoms with van der Waals surface area (Å²) in [7, 11) is 3.24. The molecule has 7 heteroatoms. The lowest BCUT2D eigenvalue weighted by Crippen LogP contribution is -2.44. The number of nitrogens with zero attached hydrogens (tertiary/aromatic N) is 3. The van der Waals surface area contributed by atoms with Gasteiger partial charge in [0.2, 0.25) is 0 Å². The van der Waals surface area contributed by atoms with E-state index in [9.17, 15) is 0 Å². The molecule has 21 heavy (non-hydrogen) atoms. The summed E-state index contributed by atoms with van der Waals surface area (Å²) in [5.41, 5.74) is 1.81. The predicted molar refractivity (Wildman–Crippen MR) is 81.2 cm³/mol. The van der Waals surface area contributed by atoms with Crippen molar-refractivity contribution in [1.29, 1.82) is 0 Å². The van der Waals surface area contributed by atoms with E-state index >= 15 is 0 Å². The molecular formula is C14H18ClN3O3. The van der Waals surface area contributed by atoms with E-state index in [1.54, 1.807) is 14.2 Å². The van der Waals surface area contributed by atoms with Gasteiger partial charge in [-0.05, 0) is 0 Å². The normalized spacial score (nSPS) is 15.5. The highest BCUT2D eigenvalue weighted by Gasteiger charge is 2.20. The summed E-state index contributed by atoms with van der Waals surface area (Å²) in [4.78, 5) is 4.60. The third kappa shape index (κ3) is 2.49. The minimum Gasteiger partial charge on any atom is -0.493 e. The van der Waals surface area contributed by atoms with Gasteiger partial charge in [-0.1, -0.05) is 0 Å². The molecule has 0 spiro atoms. The minimum atomic E-state index is 0.344. The summed E-state index contributed by atoms with van der Waals surface area (Å²) in [6.45, 7) is 3.02. The first kappa shape index (κ1) is 14.3. The van der Waals surface area contributed by atoms with Gasteiger partial charge in [-0.3, -0.25) is 0 Å². The van der Waals surface area contributed by atoms with E-state index in [2.05, 4.69) is 14.7 Å². The molecule has 0 bridgehead atoms. The Kier molecular flexibility index (Phi) is 4.07. The van der Waals surface area contributed by atoms with Gasteiger partial charge >= 0.3 is 0 Å². The van der Waals surface area contributed by atoms with Crippen molar-refractivity contribution in [2.45, 2.75) is 5.88 Å². The summed E-state index contributed by atoms with van der Waals surface area (Å²) >= 11 is 6.07. The van der Waals surface area contributed by atoms with E-state index in [-0.39, 0.29) is 0 Å². The first-order valence-corrected chi connectivity index (χ1v) is 7.34. The van der Waals surface area contributed by atoms with E-state index in [1.165, 1.54) is 0 Å². The second-order valence-corrected chi connectivity index (χ2v) is 5.00. The first-order valence-electron chi connectivity index (χ1n) is 6.80.